The van der Waals surface area contributed by atoms with E-state index < -0.39 is 5.97 Å². The minimum Gasteiger partial charge on any atom is -0.475 e. The van der Waals surface area contributed by atoms with E-state index >= 15 is 0 Å². The maximum Gasteiger partial charge on any atom is 0.372 e. The van der Waals surface area contributed by atoms with Crippen molar-refractivity contribution in [1.29, 1.82) is 0 Å². The first-order valence-corrected chi connectivity index (χ1v) is 6.60. The molecule has 4 nitrogen and oxygen atoms in total. The van der Waals surface area contributed by atoms with Crippen molar-refractivity contribution in [3.63, 3.8) is 0 Å². The van der Waals surface area contributed by atoms with Gasteiger partial charge in [-0.2, -0.15) is 11.3 Å². The van der Waals surface area contributed by atoms with Crippen molar-refractivity contribution in [2.75, 3.05) is 0 Å². The zero-order valence-corrected chi connectivity index (χ0v) is 11.1. The van der Waals surface area contributed by atoms with E-state index in [4.69, 9.17) is 9.52 Å². The summed E-state index contributed by atoms with van der Waals surface area (Å²) in [5.74, 6) is -0.355. The average Bonchev–Trinajstić information content (AvgIpc) is 2.94. The number of thiophene rings is 1. The van der Waals surface area contributed by atoms with E-state index in [1.54, 1.807) is 24.3 Å². The topological polar surface area (TPSA) is 62.5 Å². The highest BCUT2D eigenvalue weighted by atomic mass is 32.1. The molecule has 0 bridgehead atoms. The monoisotopic (exact) mass is 265 g/mol. The average molecular weight is 265 g/mol. The number of carboxylic acid groups (broad SMARTS) is 1. The minimum absolute atomic E-state index is 0.0231. The molecule has 2 rings (SSSR count). The Bertz CT molecular complexity index is 530. The van der Waals surface area contributed by atoms with Gasteiger partial charge in [0.05, 0.1) is 6.54 Å². The van der Waals surface area contributed by atoms with Gasteiger partial charge in [-0.3, -0.25) is 0 Å². The molecular weight excluding hydrogens is 250 g/mol. The molecule has 0 radical (unpaired) electrons. The fourth-order valence-corrected chi connectivity index (χ4v) is 2.49. The van der Waals surface area contributed by atoms with Crippen LogP contribution in [-0.2, 0) is 6.54 Å². The second kappa shape index (κ2) is 5.37. The molecule has 2 aromatic rings. The zero-order valence-electron chi connectivity index (χ0n) is 10.3. The summed E-state index contributed by atoms with van der Waals surface area (Å²) in [5.41, 5.74) is 1.88. The highest BCUT2D eigenvalue weighted by Crippen LogP contribution is 2.18. The van der Waals surface area contributed by atoms with Crippen LogP contribution in [0.2, 0.25) is 0 Å². The van der Waals surface area contributed by atoms with Crippen molar-refractivity contribution in [3.05, 3.63) is 45.5 Å². The quantitative estimate of drug-likeness (QED) is 0.871. The van der Waals surface area contributed by atoms with Crippen LogP contribution in [0.4, 0.5) is 0 Å². The summed E-state index contributed by atoms with van der Waals surface area (Å²) in [6, 6.07) is 4.05. The summed E-state index contributed by atoms with van der Waals surface area (Å²) in [5, 5.41) is 16.3. The van der Waals surface area contributed by atoms with E-state index in [2.05, 4.69) is 23.7 Å². The summed E-state index contributed by atoms with van der Waals surface area (Å²) in [7, 11) is 0. The summed E-state index contributed by atoms with van der Waals surface area (Å²) < 4.78 is 5.28. The molecule has 0 saturated heterocycles. The molecule has 0 fully saturated rings. The molecular formula is C13H15NO3S. The molecule has 2 N–H and O–H groups in total. The minimum atomic E-state index is -1.02. The molecule has 1 unspecified atom stereocenters. The first kappa shape index (κ1) is 12.9. The SMILES string of the molecule is Cc1cc(CNC(C)c2ccsc2)oc1C(=O)O. The van der Waals surface area contributed by atoms with E-state index in [1.165, 1.54) is 5.56 Å². The third kappa shape index (κ3) is 2.80. The smallest absolute Gasteiger partial charge is 0.372 e. The van der Waals surface area contributed by atoms with Crippen molar-refractivity contribution in [1.82, 2.24) is 5.32 Å². The predicted octanol–water partition coefficient (Wildman–Crippen LogP) is 3.20. The lowest BCUT2D eigenvalue weighted by Gasteiger charge is -2.10. The molecule has 0 aliphatic heterocycles. The second-order valence-electron chi connectivity index (χ2n) is 4.19. The number of hydrogen-bond acceptors (Lipinski definition) is 4. The summed E-state index contributed by atoms with van der Waals surface area (Å²) >= 11 is 1.66. The molecule has 2 heterocycles. The van der Waals surface area contributed by atoms with Crippen LogP contribution in [0, 0.1) is 6.92 Å². The second-order valence-corrected chi connectivity index (χ2v) is 4.97. The van der Waals surface area contributed by atoms with E-state index in [0.717, 1.165) is 0 Å². The van der Waals surface area contributed by atoms with Gasteiger partial charge in [-0.25, -0.2) is 4.79 Å². The first-order chi connectivity index (χ1) is 8.58. The lowest BCUT2D eigenvalue weighted by molar-refractivity contribution is 0.0659. The van der Waals surface area contributed by atoms with Crippen molar-refractivity contribution < 1.29 is 14.3 Å². The Morgan fingerprint density at radius 2 is 2.39 bits per heavy atom. The number of hydrogen-bond donors (Lipinski definition) is 2. The Hall–Kier alpha value is -1.59. The van der Waals surface area contributed by atoms with Gasteiger partial charge in [0.1, 0.15) is 5.76 Å². The van der Waals surface area contributed by atoms with Crippen LogP contribution in [0.1, 0.15) is 40.4 Å². The van der Waals surface area contributed by atoms with Crippen LogP contribution < -0.4 is 5.32 Å². The van der Waals surface area contributed by atoms with E-state index in [0.29, 0.717) is 17.9 Å². The Kier molecular flexibility index (Phi) is 3.84. The summed E-state index contributed by atoms with van der Waals surface area (Å²) in [6.45, 7) is 4.32. The maximum atomic E-state index is 10.8. The van der Waals surface area contributed by atoms with Gasteiger partial charge in [-0.05, 0) is 42.3 Å². The molecule has 2 aromatic heterocycles. The molecule has 0 aliphatic carbocycles. The van der Waals surface area contributed by atoms with Crippen LogP contribution in [0.3, 0.4) is 0 Å². The number of carboxylic acids is 1. The zero-order chi connectivity index (χ0) is 13.1. The van der Waals surface area contributed by atoms with Gasteiger partial charge in [0, 0.05) is 11.6 Å². The van der Waals surface area contributed by atoms with Gasteiger partial charge < -0.3 is 14.8 Å². The van der Waals surface area contributed by atoms with Gasteiger partial charge >= 0.3 is 5.97 Å². The standard InChI is InChI=1S/C13H15NO3S/c1-8-5-11(17-12(8)13(15)16)6-14-9(2)10-3-4-18-7-10/h3-5,7,9,14H,6H2,1-2H3,(H,15,16). The van der Waals surface area contributed by atoms with Gasteiger partial charge in [0.25, 0.3) is 0 Å². The van der Waals surface area contributed by atoms with E-state index in [9.17, 15) is 4.79 Å². The normalized spacial score (nSPS) is 12.6. The molecule has 18 heavy (non-hydrogen) atoms. The number of aryl methyl sites for hydroxylation is 1. The molecule has 0 aromatic carbocycles. The largest absolute Gasteiger partial charge is 0.475 e. The van der Waals surface area contributed by atoms with Gasteiger partial charge in [0.2, 0.25) is 5.76 Å². The highest BCUT2D eigenvalue weighted by Gasteiger charge is 2.14. The Labute approximate surface area is 109 Å². The van der Waals surface area contributed by atoms with Gasteiger partial charge in [-0.15, -0.1) is 0 Å². The number of rotatable bonds is 5. The van der Waals surface area contributed by atoms with Crippen LogP contribution >= 0.6 is 11.3 Å². The Balaban J connectivity index is 1.98. The number of carbonyl (C=O) groups is 1. The molecule has 0 amide bonds. The lowest BCUT2D eigenvalue weighted by atomic mass is 10.2. The molecule has 0 aliphatic rings. The van der Waals surface area contributed by atoms with Crippen LogP contribution in [-0.4, -0.2) is 11.1 Å². The molecule has 5 heteroatoms. The number of aromatic carboxylic acids is 1. The van der Waals surface area contributed by atoms with Gasteiger partial charge in [0.15, 0.2) is 0 Å². The Morgan fingerprint density at radius 1 is 1.61 bits per heavy atom. The molecule has 1 atom stereocenters. The fourth-order valence-electron chi connectivity index (χ4n) is 1.74. The molecule has 0 spiro atoms. The van der Waals surface area contributed by atoms with Crippen LogP contribution in [0.15, 0.2) is 27.3 Å². The van der Waals surface area contributed by atoms with Gasteiger partial charge in [-0.1, -0.05) is 0 Å². The predicted molar refractivity (Wildman–Crippen MR) is 70.0 cm³/mol. The van der Waals surface area contributed by atoms with Crippen molar-refractivity contribution >= 4 is 17.3 Å². The van der Waals surface area contributed by atoms with Crippen molar-refractivity contribution in [2.45, 2.75) is 26.4 Å². The van der Waals surface area contributed by atoms with Crippen LogP contribution in [0.25, 0.3) is 0 Å². The Morgan fingerprint density at radius 3 is 2.94 bits per heavy atom. The third-order valence-corrected chi connectivity index (χ3v) is 3.49. The highest BCUT2D eigenvalue weighted by molar-refractivity contribution is 7.07. The lowest BCUT2D eigenvalue weighted by Crippen LogP contribution is -2.17. The fraction of sp³-hybridized carbons (Fsp3) is 0.308. The maximum absolute atomic E-state index is 10.8. The first-order valence-electron chi connectivity index (χ1n) is 5.66. The van der Waals surface area contributed by atoms with Crippen molar-refractivity contribution in [3.8, 4) is 0 Å². The molecule has 96 valence electrons. The van der Waals surface area contributed by atoms with E-state index in [1.807, 2.05) is 5.38 Å². The third-order valence-electron chi connectivity index (χ3n) is 2.79. The molecule has 0 saturated carbocycles. The summed E-state index contributed by atoms with van der Waals surface area (Å²) in [4.78, 5) is 10.8. The van der Waals surface area contributed by atoms with Crippen molar-refractivity contribution in [2.24, 2.45) is 0 Å². The number of furan rings is 1. The van der Waals surface area contributed by atoms with E-state index in [-0.39, 0.29) is 11.8 Å². The number of nitrogens with one attached hydrogen (secondary N) is 1. The van der Waals surface area contributed by atoms with Crippen LogP contribution in [0.5, 0.6) is 0 Å². The summed E-state index contributed by atoms with van der Waals surface area (Å²) in [6.07, 6.45) is 0.